The number of hydrogen-bond acceptors (Lipinski definition) is 5. The molecule has 0 aromatic carbocycles. The number of hydrogen-bond donors (Lipinski definition) is 1. The molecule has 0 aliphatic carbocycles. The van der Waals surface area contributed by atoms with E-state index < -0.39 is 0 Å². The topological polar surface area (TPSA) is 77.0 Å². The molecule has 16 heavy (non-hydrogen) atoms. The van der Waals surface area contributed by atoms with E-state index in [0.717, 1.165) is 5.75 Å². The summed E-state index contributed by atoms with van der Waals surface area (Å²) >= 11 is 1.46. The molecule has 0 spiro atoms. The monoisotopic (exact) mass is 245 g/mol. The van der Waals surface area contributed by atoms with Crippen LogP contribution in [-0.2, 0) is 16.1 Å². The van der Waals surface area contributed by atoms with Crippen molar-refractivity contribution in [1.29, 1.82) is 0 Å². The number of H-pyrrole nitrogens is 1. The Labute approximate surface area is 97.4 Å². The molecule has 0 radical (unpaired) electrons. The van der Waals surface area contributed by atoms with E-state index in [2.05, 4.69) is 14.9 Å². The molecular weight excluding hydrogens is 230 g/mol. The quantitative estimate of drug-likeness (QED) is 0.452. The van der Waals surface area contributed by atoms with Gasteiger partial charge in [0.2, 0.25) is 0 Å². The maximum atomic E-state index is 11.2. The number of methoxy groups -OCH3 is 1. The Bertz CT molecular complexity index is 399. The van der Waals surface area contributed by atoms with Crippen molar-refractivity contribution in [2.75, 3.05) is 12.9 Å². The second-order valence-electron chi connectivity index (χ2n) is 3.08. The number of aromatic nitrogens is 3. The number of nitrogens with one attached hydrogen (secondary N) is 1. The van der Waals surface area contributed by atoms with E-state index in [9.17, 15) is 9.59 Å². The highest BCUT2D eigenvalue weighted by molar-refractivity contribution is 7.99. The van der Waals surface area contributed by atoms with Gasteiger partial charge in [-0.2, -0.15) is 0 Å². The second-order valence-corrected chi connectivity index (χ2v) is 4.15. The van der Waals surface area contributed by atoms with Crippen molar-refractivity contribution in [3.05, 3.63) is 10.5 Å². The summed E-state index contributed by atoms with van der Waals surface area (Å²) in [7, 11) is 1.37. The molecule has 6 nitrogen and oxygen atoms in total. The summed E-state index contributed by atoms with van der Waals surface area (Å²) in [6, 6.07) is 0. The fourth-order valence-electron chi connectivity index (χ4n) is 1.17. The minimum atomic E-state index is -0.212. The largest absolute Gasteiger partial charge is 0.469 e. The van der Waals surface area contributed by atoms with Crippen LogP contribution in [0.15, 0.2) is 9.95 Å². The van der Waals surface area contributed by atoms with Gasteiger partial charge in [0, 0.05) is 18.7 Å². The summed E-state index contributed by atoms with van der Waals surface area (Å²) in [6.45, 7) is 2.48. The minimum Gasteiger partial charge on any atom is -0.469 e. The highest BCUT2D eigenvalue weighted by atomic mass is 32.2. The molecule has 1 aromatic heterocycles. The molecule has 0 aliphatic rings. The van der Waals surface area contributed by atoms with Crippen molar-refractivity contribution in [1.82, 2.24) is 14.8 Å². The van der Waals surface area contributed by atoms with E-state index >= 15 is 0 Å². The van der Waals surface area contributed by atoms with Gasteiger partial charge in [-0.25, -0.2) is 9.89 Å². The maximum absolute atomic E-state index is 11.2. The normalized spacial score (nSPS) is 10.4. The first-order chi connectivity index (χ1) is 7.69. The van der Waals surface area contributed by atoms with Crippen LogP contribution in [0.4, 0.5) is 0 Å². The van der Waals surface area contributed by atoms with E-state index in [0.29, 0.717) is 24.5 Å². The molecule has 1 aromatic rings. The Morgan fingerprint density at radius 1 is 1.62 bits per heavy atom. The molecule has 1 heterocycles. The van der Waals surface area contributed by atoms with E-state index in [1.807, 2.05) is 6.92 Å². The Kier molecular flexibility index (Phi) is 5.10. The van der Waals surface area contributed by atoms with Crippen LogP contribution in [0.1, 0.15) is 19.8 Å². The third-order valence-corrected chi connectivity index (χ3v) is 3.09. The summed E-state index contributed by atoms with van der Waals surface area (Å²) in [5.74, 6) is 0.523. The van der Waals surface area contributed by atoms with Gasteiger partial charge in [-0.1, -0.05) is 11.8 Å². The Morgan fingerprint density at radius 2 is 2.38 bits per heavy atom. The lowest BCUT2D eigenvalue weighted by atomic mass is 10.3. The van der Waals surface area contributed by atoms with E-state index in [1.165, 1.54) is 18.9 Å². The van der Waals surface area contributed by atoms with Gasteiger partial charge in [-0.05, 0) is 13.3 Å². The first-order valence-electron chi connectivity index (χ1n) is 5.03. The molecule has 0 saturated carbocycles. The van der Waals surface area contributed by atoms with Gasteiger partial charge < -0.3 is 4.74 Å². The standard InChI is InChI=1S/C9H15N3O3S/c1-3-12-8(14)10-11-9(12)16-6-4-5-7(13)15-2/h3-6H2,1-2H3,(H,10,14). The van der Waals surface area contributed by atoms with Gasteiger partial charge in [0.15, 0.2) is 5.16 Å². The minimum absolute atomic E-state index is 0.196. The lowest BCUT2D eigenvalue weighted by Gasteiger charge is -2.01. The Balaban J connectivity index is 2.37. The van der Waals surface area contributed by atoms with Crippen LogP contribution in [-0.4, -0.2) is 33.6 Å². The van der Waals surface area contributed by atoms with Crippen LogP contribution >= 0.6 is 11.8 Å². The van der Waals surface area contributed by atoms with Gasteiger partial charge in [-0.15, -0.1) is 5.10 Å². The first kappa shape index (κ1) is 12.8. The SMILES string of the molecule is CCn1c(SCCCC(=O)OC)n[nH]c1=O. The average molecular weight is 245 g/mol. The molecule has 0 amide bonds. The second kappa shape index (κ2) is 6.37. The van der Waals surface area contributed by atoms with Gasteiger partial charge in [-0.3, -0.25) is 9.36 Å². The number of ether oxygens (including phenoxy) is 1. The van der Waals surface area contributed by atoms with Crippen LogP contribution in [0.2, 0.25) is 0 Å². The lowest BCUT2D eigenvalue weighted by Crippen LogP contribution is -2.16. The third-order valence-electron chi connectivity index (χ3n) is 2.02. The molecule has 0 unspecified atom stereocenters. The average Bonchev–Trinajstić information content (AvgIpc) is 2.65. The number of thioether (sulfide) groups is 1. The molecule has 90 valence electrons. The van der Waals surface area contributed by atoms with Crippen LogP contribution in [0.5, 0.6) is 0 Å². The molecule has 0 bridgehead atoms. The summed E-state index contributed by atoms with van der Waals surface area (Å²) in [6.07, 6.45) is 1.10. The van der Waals surface area contributed by atoms with Crippen molar-refractivity contribution in [3.8, 4) is 0 Å². The van der Waals surface area contributed by atoms with Crippen LogP contribution < -0.4 is 5.69 Å². The molecule has 0 fully saturated rings. The number of esters is 1. The lowest BCUT2D eigenvalue weighted by molar-refractivity contribution is -0.140. The molecule has 1 rings (SSSR count). The Hall–Kier alpha value is -1.24. The molecule has 0 aliphatic heterocycles. The zero-order valence-corrected chi connectivity index (χ0v) is 10.2. The molecule has 1 N–H and O–H groups in total. The molecule has 0 atom stereocenters. The first-order valence-corrected chi connectivity index (χ1v) is 6.02. The fourth-order valence-corrected chi connectivity index (χ4v) is 2.12. The summed E-state index contributed by atoms with van der Waals surface area (Å²) in [5.41, 5.74) is -0.196. The number of carbonyl (C=O) groups is 1. The van der Waals surface area contributed by atoms with E-state index in [-0.39, 0.29) is 11.7 Å². The van der Waals surface area contributed by atoms with Crippen LogP contribution in [0, 0.1) is 0 Å². The molecule has 0 saturated heterocycles. The predicted octanol–water partition coefficient (Wildman–Crippen LogP) is 0.637. The number of aromatic amines is 1. The fraction of sp³-hybridized carbons (Fsp3) is 0.667. The van der Waals surface area contributed by atoms with Gasteiger partial charge >= 0.3 is 11.7 Å². The van der Waals surface area contributed by atoms with Crippen molar-refractivity contribution in [2.24, 2.45) is 0 Å². The van der Waals surface area contributed by atoms with Crippen LogP contribution in [0.3, 0.4) is 0 Å². The molecule has 7 heteroatoms. The highest BCUT2D eigenvalue weighted by Gasteiger charge is 2.07. The predicted molar refractivity (Wildman–Crippen MR) is 60.5 cm³/mol. The van der Waals surface area contributed by atoms with Crippen LogP contribution in [0.25, 0.3) is 0 Å². The van der Waals surface area contributed by atoms with Gasteiger partial charge in [0.05, 0.1) is 7.11 Å². The summed E-state index contributed by atoms with van der Waals surface area (Å²) in [4.78, 5) is 22.1. The van der Waals surface area contributed by atoms with Gasteiger partial charge in [0.1, 0.15) is 0 Å². The van der Waals surface area contributed by atoms with Crippen molar-refractivity contribution in [3.63, 3.8) is 0 Å². The molecular formula is C9H15N3O3S. The smallest absolute Gasteiger partial charge is 0.343 e. The summed E-state index contributed by atoms with van der Waals surface area (Å²) < 4.78 is 6.08. The van der Waals surface area contributed by atoms with Crippen molar-refractivity contribution in [2.45, 2.75) is 31.5 Å². The van der Waals surface area contributed by atoms with Crippen molar-refractivity contribution < 1.29 is 9.53 Å². The summed E-state index contributed by atoms with van der Waals surface area (Å²) in [5, 5.41) is 6.95. The number of nitrogens with zero attached hydrogens (tertiary/aromatic N) is 2. The highest BCUT2D eigenvalue weighted by Crippen LogP contribution is 2.14. The van der Waals surface area contributed by atoms with Gasteiger partial charge in [0.25, 0.3) is 0 Å². The number of carbonyl (C=O) groups excluding carboxylic acids is 1. The zero-order valence-electron chi connectivity index (χ0n) is 9.36. The van der Waals surface area contributed by atoms with E-state index in [4.69, 9.17) is 0 Å². The third kappa shape index (κ3) is 3.41. The zero-order chi connectivity index (χ0) is 12.0. The van der Waals surface area contributed by atoms with Crippen molar-refractivity contribution >= 4 is 17.7 Å². The maximum Gasteiger partial charge on any atom is 0.343 e. The Morgan fingerprint density at radius 3 is 3.00 bits per heavy atom. The number of rotatable bonds is 6. The van der Waals surface area contributed by atoms with E-state index in [1.54, 1.807) is 4.57 Å².